The Bertz CT molecular complexity index is 1180. The van der Waals surface area contributed by atoms with Gasteiger partial charge in [-0.3, -0.25) is 9.59 Å². The van der Waals surface area contributed by atoms with Crippen LogP contribution >= 0.6 is 0 Å². The number of hydrogen-bond donors (Lipinski definition) is 2. The summed E-state index contributed by atoms with van der Waals surface area (Å²) in [4.78, 5) is 27.8. The second-order valence-electron chi connectivity index (χ2n) is 10.3. The zero-order chi connectivity index (χ0) is 27.8. The molecule has 1 unspecified atom stereocenters. The number of amides is 2. The highest BCUT2D eigenvalue weighted by molar-refractivity contribution is 6.02. The van der Waals surface area contributed by atoms with Gasteiger partial charge < -0.3 is 15.5 Å². The lowest BCUT2D eigenvalue weighted by Crippen LogP contribution is -2.42. The molecule has 206 valence electrons. The van der Waals surface area contributed by atoms with Crippen LogP contribution in [0.1, 0.15) is 48.2 Å². The van der Waals surface area contributed by atoms with Crippen LogP contribution in [-0.4, -0.2) is 48.4 Å². The van der Waals surface area contributed by atoms with Crippen LogP contribution in [0.4, 0.5) is 26.3 Å². The molecule has 0 spiro atoms. The minimum Gasteiger partial charge on any atom is -0.352 e. The summed E-state index contributed by atoms with van der Waals surface area (Å²) in [5.41, 5.74) is -2.79. The number of fused-ring (bicyclic) bond motifs is 1. The second-order valence-corrected chi connectivity index (χ2v) is 10.3. The molecule has 2 fully saturated rings. The third-order valence-corrected chi connectivity index (χ3v) is 7.38. The molecular weight excluding hydrogens is 512 g/mol. The number of carbonyl (C=O) groups excluding carboxylic acids is 2. The fourth-order valence-electron chi connectivity index (χ4n) is 5.43. The Morgan fingerprint density at radius 2 is 1.53 bits per heavy atom. The molecule has 2 amide bonds. The van der Waals surface area contributed by atoms with Crippen molar-refractivity contribution in [2.24, 2.45) is 11.8 Å². The van der Waals surface area contributed by atoms with Crippen molar-refractivity contribution < 1.29 is 35.9 Å². The van der Waals surface area contributed by atoms with Gasteiger partial charge in [-0.05, 0) is 73.9 Å². The molecule has 1 aliphatic carbocycles. The summed E-state index contributed by atoms with van der Waals surface area (Å²) in [5.74, 6) is -0.499. The van der Waals surface area contributed by atoms with Crippen molar-refractivity contribution in [2.75, 3.05) is 19.6 Å². The van der Waals surface area contributed by atoms with E-state index in [1.165, 1.54) is 6.07 Å². The molecule has 4 rings (SSSR count). The monoisotopic (exact) mass is 541 g/mol. The number of benzene rings is 2. The average molecular weight is 542 g/mol. The van der Waals surface area contributed by atoms with E-state index in [1.807, 2.05) is 0 Å². The highest BCUT2D eigenvalue weighted by Gasteiger charge is 2.41. The van der Waals surface area contributed by atoms with E-state index >= 15 is 0 Å². The van der Waals surface area contributed by atoms with E-state index in [0.717, 1.165) is 50.2 Å². The molecule has 11 heteroatoms. The predicted octanol–water partition coefficient (Wildman–Crippen LogP) is 5.36. The molecule has 2 aliphatic rings. The van der Waals surface area contributed by atoms with Gasteiger partial charge in [-0.15, -0.1) is 0 Å². The summed E-state index contributed by atoms with van der Waals surface area (Å²) < 4.78 is 79.6. The average Bonchev–Trinajstić information content (AvgIpc) is 3.40. The zero-order valence-corrected chi connectivity index (χ0v) is 20.9. The zero-order valence-electron chi connectivity index (χ0n) is 20.9. The van der Waals surface area contributed by atoms with Gasteiger partial charge in [-0.25, -0.2) is 0 Å². The van der Waals surface area contributed by atoms with Gasteiger partial charge in [0.25, 0.3) is 5.91 Å². The van der Waals surface area contributed by atoms with Crippen LogP contribution in [0.5, 0.6) is 0 Å². The van der Waals surface area contributed by atoms with E-state index in [1.54, 1.807) is 0 Å². The summed E-state index contributed by atoms with van der Waals surface area (Å²) >= 11 is 0. The van der Waals surface area contributed by atoms with Gasteiger partial charge in [0.05, 0.1) is 17.7 Å². The molecule has 2 N–H and O–H groups in total. The molecule has 1 saturated carbocycles. The molecule has 2 aromatic carbocycles. The Morgan fingerprint density at radius 1 is 0.921 bits per heavy atom. The Kier molecular flexibility index (Phi) is 7.79. The van der Waals surface area contributed by atoms with Crippen LogP contribution in [0.2, 0.25) is 0 Å². The van der Waals surface area contributed by atoms with Crippen molar-refractivity contribution in [3.05, 3.63) is 59.2 Å². The van der Waals surface area contributed by atoms with E-state index < -0.39 is 47.4 Å². The third-order valence-electron chi connectivity index (χ3n) is 7.38. The normalized spacial score (nSPS) is 22.0. The summed E-state index contributed by atoms with van der Waals surface area (Å²) in [6.07, 6.45) is -7.81. The number of nitrogens with zero attached hydrogens (tertiary/aromatic N) is 1. The largest absolute Gasteiger partial charge is 0.416 e. The van der Waals surface area contributed by atoms with E-state index in [2.05, 4.69) is 29.4 Å². The van der Waals surface area contributed by atoms with Crippen molar-refractivity contribution in [3.63, 3.8) is 0 Å². The minimum atomic E-state index is -4.77. The van der Waals surface area contributed by atoms with Crippen LogP contribution in [0.25, 0.3) is 11.1 Å². The highest BCUT2D eigenvalue weighted by Crippen LogP contribution is 2.39. The highest BCUT2D eigenvalue weighted by atomic mass is 19.4. The molecule has 0 aromatic heterocycles. The van der Waals surface area contributed by atoms with Gasteiger partial charge in [-0.2, -0.15) is 26.3 Å². The molecule has 1 heterocycles. The van der Waals surface area contributed by atoms with Gasteiger partial charge in [0, 0.05) is 30.7 Å². The van der Waals surface area contributed by atoms with Gasteiger partial charge in [0.1, 0.15) is 0 Å². The van der Waals surface area contributed by atoms with Crippen molar-refractivity contribution in [1.29, 1.82) is 0 Å². The molecule has 2 aromatic rings. The van der Waals surface area contributed by atoms with Crippen LogP contribution in [0.3, 0.4) is 0 Å². The maximum absolute atomic E-state index is 13.3. The molecule has 1 aliphatic heterocycles. The summed E-state index contributed by atoms with van der Waals surface area (Å²) in [6.45, 7) is 5.76. The first-order valence-corrected chi connectivity index (χ1v) is 12.4. The summed E-state index contributed by atoms with van der Waals surface area (Å²) in [6, 6.07) is 6.65. The number of nitrogens with one attached hydrogen (secondary N) is 2. The van der Waals surface area contributed by atoms with Crippen LogP contribution in [0.15, 0.2) is 42.5 Å². The second kappa shape index (κ2) is 10.6. The number of halogens is 6. The predicted molar refractivity (Wildman–Crippen MR) is 129 cm³/mol. The Hall–Kier alpha value is -3.08. The first-order chi connectivity index (χ1) is 17.7. The van der Waals surface area contributed by atoms with Gasteiger partial charge in [-0.1, -0.05) is 18.2 Å². The lowest BCUT2D eigenvalue weighted by atomic mass is 9.95. The molecule has 1 saturated heterocycles. The first kappa shape index (κ1) is 27.9. The number of hydrogen-bond acceptors (Lipinski definition) is 3. The van der Waals surface area contributed by atoms with E-state index in [-0.39, 0.29) is 17.2 Å². The SMILES string of the molecule is CC(C)N1C[C@H]2CC(NC(=O)CNC(=O)c3cc(C(F)(F)F)ccc3-c3cccc(C(F)(F)F)c3)C[C@H]2C1. The molecular formula is C27H29F6N3O2. The number of likely N-dealkylation sites (tertiary alicyclic amines) is 1. The molecule has 0 radical (unpaired) electrons. The summed E-state index contributed by atoms with van der Waals surface area (Å²) in [5, 5.41) is 5.22. The van der Waals surface area contributed by atoms with Crippen LogP contribution < -0.4 is 10.6 Å². The van der Waals surface area contributed by atoms with Crippen molar-refractivity contribution >= 4 is 11.8 Å². The van der Waals surface area contributed by atoms with Crippen LogP contribution in [-0.2, 0) is 17.1 Å². The maximum Gasteiger partial charge on any atom is 0.416 e. The van der Waals surface area contributed by atoms with E-state index in [9.17, 15) is 35.9 Å². The first-order valence-electron chi connectivity index (χ1n) is 12.4. The van der Waals surface area contributed by atoms with Gasteiger partial charge in [0.2, 0.25) is 5.91 Å². The van der Waals surface area contributed by atoms with Crippen LogP contribution in [0, 0.1) is 11.8 Å². The number of alkyl halides is 6. The topological polar surface area (TPSA) is 61.4 Å². The quantitative estimate of drug-likeness (QED) is 0.485. The van der Waals surface area contributed by atoms with E-state index in [4.69, 9.17) is 0 Å². The van der Waals surface area contributed by atoms with Crippen molar-refractivity contribution in [2.45, 2.75) is 51.1 Å². The number of carbonyl (C=O) groups is 2. The lowest BCUT2D eigenvalue weighted by molar-refractivity contribution is -0.138. The van der Waals surface area contributed by atoms with Gasteiger partial charge >= 0.3 is 12.4 Å². The fourth-order valence-corrected chi connectivity index (χ4v) is 5.43. The van der Waals surface area contributed by atoms with Gasteiger partial charge in [0.15, 0.2) is 0 Å². The van der Waals surface area contributed by atoms with Crippen molar-refractivity contribution in [3.8, 4) is 11.1 Å². The maximum atomic E-state index is 13.3. The van der Waals surface area contributed by atoms with Crippen molar-refractivity contribution in [1.82, 2.24) is 15.5 Å². The standard InChI is InChI=1S/C27H29F6N3O2/c1-15(2)36-13-17-9-21(10-18(17)14-36)35-24(37)12-34-25(38)23-11-20(27(31,32)33)6-7-22(23)16-4-3-5-19(8-16)26(28,29)30/h3-8,11,15,17-18,21H,9-10,12-14H2,1-2H3,(H,34,38)(H,35,37)/t17-,18+,21?. The molecule has 38 heavy (non-hydrogen) atoms. The Balaban J connectivity index is 1.45. The smallest absolute Gasteiger partial charge is 0.352 e. The fraction of sp³-hybridized carbons (Fsp3) is 0.481. The molecule has 5 nitrogen and oxygen atoms in total. The van der Waals surface area contributed by atoms with E-state index in [0.29, 0.717) is 30.0 Å². The molecule has 3 atom stereocenters. The Labute approximate surface area is 216 Å². The molecule has 0 bridgehead atoms. The summed E-state index contributed by atoms with van der Waals surface area (Å²) in [7, 11) is 0. The Morgan fingerprint density at radius 3 is 2.11 bits per heavy atom. The third kappa shape index (κ3) is 6.31. The minimum absolute atomic E-state index is 0.0436. The lowest BCUT2D eigenvalue weighted by Gasteiger charge is -2.23. The number of rotatable bonds is 6.